The molecule has 1 aromatic heterocycles. The van der Waals surface area contributed by atoms with Gasteiger partial charge in [-0.3, -0.25) is 4.90 Å². The van der Waals surface area contributed by atoms with Crippen LogP contribution in [-0.2, 0) is 6.42 Å². The van der Waals surface area contributed by atoms with E-state index in [-0.39, 0.29) is 0 Å². The standard InChI is InChI=1S/C17H26N2O/c1-12(2)19(13(3)4)9-8-14-11-18-17-10-15(20-5)6-7-16(14)17/h6-7,10-13,18H,8-9H2,1-5H3. The summed E-state index contributed by atoms with van der Waals surface area (Å²) >= 11 is 0. The van der Waals surface area contributed by atoms with Crippen molar-refractivity contribution >= 4 is 10.9 Å². The van der Waals surface area contributed by atoms with Crippen molar-refractivity contribution < 1.29 is 4.74 Å². The molecule has 0 aliphatic rings. The minimum atomic E-state index is 0.584. The van der Waals surface area contributed by atoms with E-state index >= 15 is 0 Å². The molecule has 0 atom stereocenters. The quantitative estimate of drug-likeness (QED) is 0.867. The maximum atomic E-state index is 5.26. The number of nitrogens with one attached hydrogen (secondary N) is 1. The molecule has 1 N–H and O–H groups in total. The monoisotopic (exact) mass is 274 g/mol. The van der Waals surface area contributed by atoms with E-state index in [1.807, 2.05) is 6.07 Å². The predicted molar refractivity (Wildman–Crippen MR) is 85.5 cm³/mol. The summed E-state index contributed by atoms with van der Waals surface area (Å²) in [6.07, 6.45) is 3.20. The zero-order chi connectivity index (χ0) is 14.7. The summed E-state index contributed by atoms with van der Waals surface area (Å²) in [4.78, 5) is 5.88. The SMILES string of the molecule is COc1ccc2c(CCN(C(C)C)C(C)C)c[nH]c2c1. The molecule has 2 aromatic rings. The molecule has 20 heavy (non-hydrogen) atoms. The first-order chi connectivity index (χ1) is 9.52. The molecule has 0 radical (unpaired) electrons. The number of rotatable bonds is 6. The zero-order valence-electron chi connectivity index (χ0n) is 13.2. The molecular formula is C17H26N2O. The normalized spacial score (nSPS) is 12.0. The molecule has 0 fully saturated rings. The summed E-state index contributed by atoms with van der Waals surface area (Å²) in [6, 6.07) is 7.40. The highest BCUT2D eigenvalue weighted by Gasteiger charge is 2.14. The molecule has 0 saturated carbocycles. The van der Waals surface area contributed by atoms with Crippen LogP contribution in [0.5, 0.6) is 5.75 Å². The summed E-state index contributed by atoms with van der Waals surface area (Å²) in [5.74, 6) is 0.900. The fraction of sp³-hybridized carbons (Fsp3) is 0.529. The number of nitrogens with zero attached hydrogens (tertiary/aromatic N) is 1. The van der Waals surface area contributed by atoms with E-state index in [2.05, 4.69) is 55.9 Å². The second-order valence-corrected chi connectivity index (χ2v) is 5.90. The van der Waals surface area contributed by atoms with Gasteiger partial charge in [-0.1, -0.05) is 0 Å². The molecule has 0 saturated heterocycles. The van der Waals surface area contributed by atoms with Crippen molar-refractivity contribution in [3.8, 4) is 5.75 Å². The Bertz CT molecular complexity index is 549. The van der Waals surface area contributed by atoms with Crippen molar-refractivity contribution in [2.45, 2.75) is 46.2 Å². The van der Waals surface area contributed by atoms with Crippen LogP contribution in [0.15, 0.2) is 24.4 Å². The van der Waals surface area contributed by atoms with Crippen LogP contribution in [0.1, 0.15) is 33.3 Å². The fourth-order valence-electron chi connectivity index (χ4n) is 2.86. The van der Waals surface area contributed by atoms with Crippen molar-refractivity contribution in [1.29, 1.82) is 0 Å². The van der Waals surface area contributed by atoms with E-state index in [9.17, 15) is 0 Å². The average Bonchev–Trinajstić information content (AvgIpc) is 2.80. The van der Waals surface area contributed by atoms with Gasteiger partial charge >= 0.3 is 0 Å². The molecule has 0 spiro atoms. The van der Waals surface area contributed by atoms with Crippen LogP contribution in [-0.4, -0.2) is 35.6 Å². The highest BCUT2D eigenvalue weighted by Crippen LogP contribution is 2.24. The third-order valence-electron chi connectivity index (χ3n) is 3.94. The number of aromatic amines is 1. The number of fused-ring (bicyclic) bond motifs is 1. The Morgan fingerprint density at radius 2 is 1.85 bits per heavy atom. The number of H-pyrrole nitrogens is 1. The Kier molecular flexibility index (Phi) is 4.71. The molecule has 0 aliphatic heterocycles. The lowest BCUT2D eigenvalue weighted by molar-refractivity contribution is 0.177. The fourth-order valence-corrected chi connectivity index (χ4v) is 2.86. The van der Waals surface area contributed by atoms with Gasteiger partial charge in [0.1, 0.15) is 5.75 Å². The summed E-state index contributed by atoms with van der Waals surface area (Å²) in [5.41, 5.74) is 2.54. The van der Waals surface area contributed by atoms with Gasteiger partial charge in [0.2, 0.25) is 0 Å². The third kappa shape index (κ3) is 3.15. The predicted octanol–water partition coefficient (Wildman–Crippen LogP) is 3.84. The van der Waals surface area contributed by atoms with Gasteiger partial charge < -0.3 is 9.72 Å². The summed E-state index contributed by atoms with van der Waals surface area (Å²) in [5, 5.41) is 1.30. The van der Waals surface area contributed by atoms with Crippen LogP contribution in [0.3, 0.4) is 0 Å². The second-order valence-electron chi connectivity index (χ2n) is 5.90. The van der Waals surface area contributed by atoms with Gasteiger partial charge in [0, 0.05) is 41.8 Å². The Balaban J connectivity index is 2.14. The summed E-state index contributed by atoms with van der Waals surface area (Å²) in [6.45, 7) is 10.1. The largest absolute Gasteiger partial charge is 0.497 e. The van der Waals surface area contributed by atoms with E-state index < -0.39 is 0 Å². The second kappa shape index (κ2) is 6.31. The summed E-state index contributed by atoms with van der Waals surface area (Å²) < 4.78 is 5.26. The highest BCUT2D eigenvalue weighted by atomic mass is 16.5. The molecule has 1 heterocycles. The topological polar surface area (TPSA) is 28.3 Å². The van der Waals surface area contributed by atoms with Crippen LogP contribution in [0, 0.1) is 0 Å². The molecule has 0 aliphatic carbocycles. The van der Waals surface area contributed by atoms with Crippen molar-refractivity contribution in [1.82, 2.24) is 9.88 Å². The van der Waals surface area contributed by atoms with E-state index in [1.165, 1.54) is 10.9 Å². The maximum Gasteiger partial charge on any atom is 0.120 e. The lowest BCUT2D eigenvalue weighted by Gasteiger charge is -2.30. The Morgan fingerprint density at radius 1 is 1.15 bits per heavy atom. The molecule has 0 unspecified atom stereocenters. The Labute approximate surface area is 121 Å². The van der Waals surface area contributed by atoms with Gasteiger partial charge in [-0.25, -0.2) is 0 Å². The average molecular weight is 274 g/mol. The van der Waals surface area contributed by atoms with Crippen molar-refractivity contribution in [3.63, 3.8) is 0 Å². The van der Waals surface area contributed by atoms with Crippen molar-refractivity contribution in [2.75, 3.05) is 13.7 Å². The first-order valence-electron chi connectivity index (χ1n) is 7.42. The molecular weight excluding hydrogens is 248 g/mol. The number of aromatic nitrogens is 1. The van der Waals surface area contributed by atoms with Gasteiger partial charge in [0.15, 0.2) is 0 Å². The van der Waals surface area contributed by atoms with Crippen molar-refractivity contribution in [3.05, 3.63) is 30.0 Å². The van der Waals surface area contributed by atoms with Crippen LogP contribution < -0.4 is 4.74 Å². The van der Waals surface area contributed by atoms with E-state index in [1.54, 1.807) is 7.11 Å². The van der Waals surface area contributed by atoms with E-state index in [0.717, 1.165) is 24.2 Å². The lowest BCUT2D eigenvalue weighted by Crippen LogP contribution is -2.38. The van der Waals surface area contributed by atoms with Crippen LogP contribution in [0.2, 0.25) is 0 Å². The van der Waals surface area contributed by atoms with Gasteiger partial charge in [-0.2, -0.15) is 0 Å². The smallest absolute Gasteiger partial charge is 0.120 e. The zero-order valence-corrected chi connectivity index (χ0v) is 13.2. The number of benzene rings is 1. The first kappa shape index (κ1) is 14.9. The van der Waals surface area contributed by atoms with Gasteiger partial charge in [0.25, 0.3) is 0 Å². The first-order valence-corrected chi connectivity index (χ1v) is 7.42. The minimum Gasteiger partial charge on any atom is -0.497 e. The number of methoxy groups -OCH3 is 1. The highest BCUT2D eigenvalue weighted by molar-refractivity contribution is 5.84. The molecule has 3 heteroatoms. The molecule has 0 bridgehead atoms. The minimum absolute atomic E-state index is 0.584. The van der Waals surface area contributed by atoms with Crippen LogP contribution in [0.4, 0.5) is 0 Å². The van der Waals surface area contributed by atoms with E-state index in [4.69, 9.17) is 4.74 Å². The Hall–Kier alpha value is -1.48. The van der Waals surface area contributed by atoms with Gasteiger partial charge in [-0.15, -0.1) is 0 Å². The maximum absolute atomic E-state index is 5.26. The summed E-state index contributed by atoms with van der Waals surface area (Å²) in [7, 11) is 1.70. The molecule has 0 amide bonds. The third-order valence-corrected chi connectivity index (χ3v) is 3.94. The lowest BCUT2D eigenvalue weighted by atomic mass is 10.1. The van der Waals surface area contributed by atoms with Gasteiger partial charge in [0.05, 0.1) is 7.11 Å². The Morgan fingerprint density at radius 3 is 2.45 bits per heavy atom. The van der Waals surface area contributed by atoms with Crippen molar-refractivity contribution in [2.24, 2.45) is 0 Å². The number of ether oxygens (including phenoxy) is 1. The van der Waals surface area contributed by atoms with E-state index in [0.29, 0.717) is 12.1 Å². The van der Waals surface area contributed by atoms with Crippen LogP contribution in [0.25, 0.3) is 10.9 Å². The molecule has 110 valence electrons. The number of hydrogen-bond donors (Lipinski definition) is 1. The molecule has 2 rings (SSSR count). The molecule has 3 nitrogen and oxygen atoms in total. The number of hydrogen-bond acceptors (Lipinski definition) is 2. The van der Waals surface area contributed by atoms with Crippen LogP contribution >= 0.6 is 0 Å². The van der Waals surface area contributed by atoms with Gasteiger partial charge in [-0.05, 0) is 51.8 Å². The molecule has 1 aromatic carbocycles.